The lowest BCUT2D eigenvalue weighted by Crippen LogP contribution is -2.39. The van der Waals surface area contributed by atoms with Crippen LogP contribution in [0.2, 0.25) is 0 Å². The molecule has 3 heterocycles. The number of aromatic nitrogens is 1. The normalized spacial score (nSPS) is 16.4. The fraction of sp³-hybridized carbons (Fsp3) is 0.261. The van der Waals surface area contributed by atoms with Crippen LogP contribution in [0.15, 0.2) is 61.9 Å². The van der Waals surface area contributed by atoms with Crippen molar-refractivity contribution >= 4 is 23.4 Å². The monoisotopic (exact) mass is 422 g/mol. The smallest absolute Gasteiger partial charge is 0.338 e. The first kappa shape index (κ1) is 20.1. The second kappa shape index (κ2) is 7.91. The lowest BCUT2D eigenvalue weighted by molar-refractivity contribution is -0.139. The van der Waals surface area contributed by atoms with Gasteiger partial charge in [0.2, 0.25) is 0 Å². The third-order valence-corrected chi connectivity index (χ3v) is 5.93. The van der Waals surface area contributed by atoms with E-state index in [2.05, 4.69) is 4.99 Å². The summed E-state index contributed by atoms with van der Waals surface area (Å²) in [6, 6.07) is 10.9. The van der Waals surface area contributed by atoms with Gasteiger partial charge in [0, 0.05) is 6.08 Å². The Morgan fingerprint density at radius 3 is 2.57 bits per heavy atom. The van der Waals surface area contributed by atoms with Crippen LogP contribution in [0.5, 0.6) is 0 Å². The van der Waals surface area contributed by atoms with Gasteiger partial charge in [-0.2, -0.15) is 0 Å². The standard InChI is InChI=1S/C23H22N2O4S/c1-5-28-22(27)19-15(4)24-23-25(20(19)16-9-6-13(2)7-10-16)21(26)18(30-23)12-17-11-8-14(3)29-17/h6-12,20H,5H2,1-4H3/b18-12+. The number of fused-ring (bicyclic) bond motifs is 1. The maximum atomic E-state index is 13.4. The second-order valence-electron chi connectivity index (χ2n) is 7.16. The van der Waals surface area contributed by atoms with Crippen molar-refractivity contribution in [2.45, 2.75) is 33.7 Å². The highest BCUT2D eigenvalue weighted by Crippen LogP contribution is 2.30. The van der Waals surface area contributed by atoms with E-state index < -0.39 is 12.0 Å². The van der Waals surface area contributed by atoms with E-state index in [-0.39, 0.29) is 12.2 Å². The Kier molecular flexibility index (Phi) is 5.30. The number of hydrogen-bond acceptors (Lipinski definition) is 6. The summed E-state index contributed by atoms with van der Waals surface area (Å²) >= 11 is 1.28. The highest BCUT2D eigenvalue weighted by atomic mass is 32.1. The molecule has 0 radical (unpaired) electrons. The highest BCUT2D eigenvalue weighted by molar-refractivity contribution is 7.07. The molecule has 1 aromatic carbocycles. The number of benzene rings is 1. The molecule has 4 rings (SSSR count). The van der Waals surface area contributed by atoms with Gasteiger partial charge in [0.25, 0.3) is 5.56 Å². The quantitative estimate of drug-likeness (QED) is 0.606. The number of aryl methyl sites for hydroxylation is 2. The molecule has 0 fully saturated rings. The number of allylic oxidation sites excluding steroid dienone is 1. The Hall–Kier alpha value is -3.19. The number of thiazole rings is 1. The molecule has 3 aromatic rings. The van der Waals surface area contributed by atoms with Crippen LogP contribution in [0.25, 0.3) is 6.08 Å². The van der Waals surface area contributed by atoms with Gasteiger partial charge in [-0.05, 0) is 45.4 Å². The van der Waals surface area contributed by atoms with Crippen LogP contribution in [0.4, 0.5) is 0 Å². The molecule has 30 heavy (non-hydrogen) atoms. The number of hydrogen-bond donors (Lipinski definition) is 0. The number of ether oxygens (including phenoxy) is 1. The van der Waals surface area contributed by atoms with E-state index in [4.69, 9.17) is 9.15 Å². The van der Waals surface area contributed by atoms with Crippen molar-refractivity contribution in [1.29, 1.82) is 0 Å². The van der Waals surface area contributed by atoms with Gasteiger partial charge >= 0.3 is 5.97 Å². The topological polar surface area (TPSA) is 73.8 Å². The molecule has 7 heteroatoms. The van der Waals surface area contributed by atoms with Gasteiger partial charge in [0.1, 0.15) is 11.5 Å². The molecule has 0 N–H and O–H groups in total. The molecule has 0 saturated heterocycles. The van der Waals surface area contributed by atoms with Gasteiger partial charge in [-0.15, -0.1) is 0 Å². The number of nitrogens with zero attached hydrogens (tertiary/aromatic N) is 2. The van der Waals surface area contributed by atoms with Crippen molar-refractivity contribution in [3.05, 3.63) is 90.0 Å². The number of carbonyl (C=O) groups excluding carboxylic acids is 1. The van der Waals surface area contributed by atoms with E-state index in [1.54, 1.807) is 24.5 Å². The van der Waals surface area contributed by atoms with Crippen LogP contribution in [-0.4, -0.2) is 17.1 Å². The first-order valence-corrected chi connectivity index (χ1v) is 10.5. The fourth-order valence-corrected chi connectivity index (χ4v) is 4.54. The Morgan fingerprint density at radius 2 is 1.93 bits per heavy atom. The number of furan rings is 1. The van der Waals surface area contributed by atoms with Gasteiger partial charge < -0.3 is 9.15 Å². The van der Waals surface area contributed by atoms with Crippen molar-refractivity contribution in [3.8, 4) is 0 Å². The zero-order chi connectivity index (χ0) is 21.4. The molecule has 0 amide bonds. The molecule has 6 nitrogen and oxygen atoms in total. The maximum absolute atomic E-state index is 13.4. The van der Waals surface area contributed by atoms with Gasteiger partial charge in [-0.25, -0.2) is 9.79 Å². The van der Waals surface area contributed by atoms with Crippen LogP contribution >= 0.6 is 11.3 Å². The molecule has 1 atom stereocenters. The molecule has 1 aliphatic heterocycles. The number of carbonyl (C=O) groups is 1. The van der Waals surface area contributed by atoms with Crippen molar-refractivity contribution in [3.63, 3.8) is 0 Å². The maximum Gasteiger partial charge on any atom is 0.338 e. The van der Waals surface area contributed by atoms with E-state index >= 15 is 0 Å². The Morgan fingerprint density at radius 1 is 1.20 bits per heavy atom. The zero-order valence-electron chi connectivity index (χ0n) is 17.3. The van der Waals surface area contributed by atoms with Gasteiger partial charge in [-0.1, -0.05) is 41.2 Å². The molecular weight excluding hydrogens is 400 g/mol. The SMILES string of the molecule is CCOC(=O)C1=C(C)N=c2s/c(=C/c3ccc(C)o3)c(=O)n2C1c1ccc(C)cc1. The van der Waals surface area contributed by atoms with E-state index in [1.807, 2.05) is 50.2 Å². The molecule has 0 saturated carbocycles. The summed E-state index contributed by atoms with van der Waals surface area (Å²) in [6.07, 6.45) is 1.71. The van der Waals surface area contributed by atoms with Crippen LogP contribution in [0.3, 0.4) is 0 Å². The Labute approximate surface area is 177 Å². The first-order chi connectivity index (χ1) is 14.4. The first-order valence-electron chi connectivity index (χ1n) is 9.71. The molecule has 0 bridgehead atoms. The molecule has 1 unspecified atom stereocenters. The third-order valence-electron chi connectivity index (χ3n) is 4.94. The molecule has 2 aromatic heterocycles. The average molecular weight is 423 g/mol. The Balaban J connectivity index is 1.96. The summed E-state index contributed by atoms with van der Waals surface area (Å²) < 4.78 is 13.0. The molecule has 0 spiro atoms. The van der Waals surface area contributed by atoms with E-state index in [0.29, 0.717) is 26.4 Å². The van der Waals surface area contributed by atoms with Gasteiger partial charge in [0.05, 0.1) is 28.5 Å². The minimum absolute atomic E-state index is 0.215. The highest BCUT2D eigenvalue weighted by Gasteiger charge is 2.33. The summed E-state index contributed by atoms with van der Waals surface area (Å²) in [5, 5.41) is 0. The number of rotatable bonds is 4. The van der Waals surface area contributed by atoms with E-state index in [1.165, 1.54) is 11.3 Å². The van der Waals surface area contributed by atoms with E-state index in [0.717, 1.165) is 16.9 Å². The summed E-state index contributed by atoms with van der Waals surface area (Å²) in [5.41, 5.74) is 2.65. The van der Waals surface area contributed by atoms with Crippen LogP contribution in [0, 0.1) is 13.8 Å². The van der Waals surface area contributed by atoms with E-state index in [9.17, 15) is 9.59 Å². The number of esters is 1. The molecular formula is C23H22N2O4S. The second-order valence-corrected chi connectivity index (χ2v) is 8.17. The predicted octanol–water partition coefficient (Wildman–Crippen LogP) is 3.01. The largest absolute Gasteiger partial charge is 0.463 e. The van der Waals surface area contributed by atoms with Crippen molar-refractivity contribution < 1.29 is 13.9 Å². The third kappa shape index (κ3) is 3.57. The minimum Gasteiger partial charge on any atom is -0.463 e. The molecule has 1 aliphatic rings. The van der Waals surface area contributed by atoms with Crippen molar-refractivity contribution in [2.75, 3.05) is 6.61 Å². The van der Waals surface area contributed by atoms with Crippen molar-refractivity contribution in [1.82, 2.24) is 4.57 Å². The zero-order valence-corrected chi connectivity index (χ0v) is 18.1. The van der Waals surface area contributed by atoms with Gasteiger partial charge in [-0.3, -0.25) is 9.36 Å². The summed E-state index contributed by atoms with van der Waals surface area (Å²) in [4.78, 5) is 31.3. The minimum atomic E-state index is -0.596. The summed E-state index contributed by atoms with van der Waals surface area (Å²) in [5.74, 6) is 0.915. The van der Waals surface area contributed by atoms with Crippen LogP contribution in [-0.2, 0) is 9.53 Å². The molecule has 154 valence electrons. The average Bonchev–Trinajstić information content (AvgIpc) is 3.24. The predicted molar refractivity (Wildman–Crippen MR) is 115 cm³/mol. The van der Waals surface area contributed by atoms with Crippen LogP contribution < -0.4 is 14.9 Å². The van der Waals surface area contributed by atoms with Gasteiger partial charge in [0.15, 0.2) is 4.80 Å². The fourth-order valence-electron chi connectivity index (χ4n) is 3.52. The Bertz CT molecular complexity index is 1320. The molecule has 0 aliphatic carbocycles. The van der Waals surface area contributed by atoms with Crippen LogP contribution in [0.1, 0.15) is 42.5 Å². The summed E-state index contributed by atoms with van der Waals surface area (Å²) in [6.45, 7) is 7.63. The summed E-state index contributed by atoms with van der Waals surface area (Å²) in [7, 11) is 0. The van der Waals surface area contributed by atoms with Crippen molar-refractivity contribution in [2.24, 2.45) is 4.99 Å². The lowest BCUT2D eigenvalue weighted by atomic mass is 9.95. The lowest BCUT2D eigenvalue weighted by Gasteiger charge is -2.24.